The fourth-order valence-corrected chi connectivity index (χ4v) is 3.56. The maximum Gasteiger partial charge on any atom is 0.123 e. The maximum absolute atomic E-state index is 13.0. The van der Waals surface area contributed by atoms with Crippen molar-refractivity contribution in [2.75, 3.05) is 12.9 Å². The van der Waals surface area contributed by atoms with Crippen molar-refractivity contribution in [1.29, 1.82) is 5.26 Å². The zero-order valence-corrected chi connectivity index (χ0v) is 15.1. The van der Waals surface area contributed by atoms with Crippen molar-refractivity contribution in [3.8, 4) is 6.07 Å². The molecule has 124 valence electrons. The molecule has 0 spiro atoms. The number of nitrogens with two attached hydrogens (primary N) is 1. The largest absolute Gasteiger partial charge is 0.344 e. The fourth-order valence-electron chi connectivity index (χ4n) is 2.86. The van der Waals surface area contributed by atoms with Crippen LogP contribution in [0.3, 0.4) is 0 Å². The SMILES string of the molecule is CS.N#CC1=C(Br)N(Cc2ccc(F)cc2)C2NCNC(N)C12. The highest BCUT2D eigenvalue weighted by atomic mass is 79.9. The number of nitrogens with one attached hydrogen (secondary N) is 2. The van der Waals surface area contributed by atoms with Crippen LogP contribution < -0.4 is 16.4 Å². The lowest BCUT2D eigenvalue weighted by Gasteiger charge is -2.38. The van der Waals surface area contributed by atoms with Crippen LogP contribution >= 0.6 is 28.6 Å². The molecule has 0 radical (unpaired) electrons. The van der Waals surface area contributed by atoms with Crippen LogP contribution in [0.2, 0.25) is 0 Å². The monoisotopic (exact) mass is 399 g/mol. The first-order valence-electron chi connectivity index (χ1n) is 7.09. The average Bonchev–Trinajstić information content (AvgIpc) is 2.85. The van der Waals surface area contributed by atoms with Crippen molar-refractivity contribution >= 4 is 28.6 Å². The number of halogens is 2. The van der Waals surface area contributed by atoms with E-state index in [-0.39, 0.29) is 24.1 Å². The molecule has 0 aliphatic carbocycles. The van der Waals surface area contributed by atoms with Gasteiger partial charge in [-0.1, -0.05) is 12.1 Å². The number of nitrogens with zero attached hydrogens (tertiary/aromatic N) is 2. The number of thiol groups is 1. The Morgan fingerprint density at radius 1 is 1.39 bits per heavy atom. The van der Waals surface area contributed by atoms with Crippen molar-refractivity contribution in [3.05, 3.63) is 45.8 Å². The molecule has 3 unspecified atom stereocenters. The van der Waals surface area contributed by atoms with E-state index in [9.17, 15) is 9.65 Å². The van der Waals surface area contributed by atoms with Gasteiger partial charge >= 0.3 is 0 Å². The normalized spacial score (nSPS) is 26.3. The summed E-state index contributed by atoms with van der Waals surface area (Å²) in [7, 11) is 0. The lowest BCUT2D eigenvalue weighted by molar-refractivity contribution is 0.138. The summed E-state index contributed by atoms with van der Waals surface area (Å²) < 4.78 is 13.7. The van der Waals surface area contributed by atoms with E-state index in [1.165, 1.54) is 12.1 Å². The quantitative estimate of drug-likeness (QED) is 0.449. The number of rotatable bonds is 2. The topological polar surface area (TPSA) is 77.1 Å². The Morgan fingerprint density at radius 3 is 2.65 bits per heavy atom. The summed E-state index contributed by atoms with van der Waals surface area (Å²) in [6.45, 7) is 1.16. The molecule has 3 rings (SSSR count). The van der Waals surface area contributed by atoms with Crippen molar-refractivity contribution in [3.63, 3.8) is 0 Å². The summed E-state index contributed by atoms with van der Waals surface area (Å²) in [6, 6.07) is 8.61. The zero-order chi connectivity index (χ0) is 17.0. The molecule has 1 fully saturated rings. The van der Waals surface area contributed by atoms with Crippen LogP contribution in [0.15, 0.2) is 34.4 Å². The lowest BCUT2D eigenvalue weighted by atomic mass is 9.95. The van der Waals surface area contributed by atoms with Gasteiger partial charge in [-0.25, -0.2) is 4.39 Å². The molecule has 0 bridgehead atoms. The van der Waals surface area contributed by atoms with Gasteiger partial charge in [0.25, 0.3) is 0 Å². The third kappa shape index (κ3) is 3.70. The summed E-state index contributed by atoms with van der Waals surface area (Å²) >= 11 is 7.03. The van der Waals surface area contributed by atoms with E-state index in [4.69, 9.17) is 5.73 Å². The predicted octanol–water partition coefficient (Wildman–Crippen LogP) is 1.69. The van der Waals surface area contributed by atoms with Crippen LogP contribution in [0.5, 0.6) is 0 Å². The first-order chi connectivity index (χ1) is 11.1. The van der Waals surface area contributed by atoms with Crippen LogP contribution in [-0.4, -0.2) is 30.2 Å². The Kier molecular flexibility index (Phi) is 6.44. The van der Waals surface area contributed by atoms with Crippen LogP contribution in [0, 0.1) is 23.1 Å². The average molecular weight is 400 g/mol. The first-order valence-corrected chi connectivity index (χ1v) is 8.78. The number of hydrogen-bond acceptors (Lipinski definition) is 6. The summed E-state index contributed by atoms with van der Waals surface area (Å²) in [5.41, 5.74) is 7.70. The third-order valence-corrected chi connectivity index (χ3v) is 4.79. The Balaban J connectivity index is 0.000000924. The molecular formula is C15H19BrFN5S. The smallest absolute Gasteiger partial charge is 0.123 e. The van der Waals surface area contributed by atoms with Gasteiger partial charge < -0.3 is 10.6 Å². The molecule has 23 heavy (non-hydrogen) atoms. The van der Waals surface area contributed by atoms with Crippen molar-refractivity contribution in [2.45, 2.75) is 18.9 Å². The van der Waals surface area contributed by atoms with Gasteiger partial charge in [0.05, 0.1) is 34.5 Å². The summed E-state index contributed by atoms with van der Waals surface area (Å²) in [6.07, 6.45) is 1.38. The Hall–Kier alpha value is -1.11. The van der Waals surface area contributed by atoms with Gasteiger partial charge in [-0.3, -0.25) is 10.6 Å². The highest BCUT2D eigenvalue weighted by molar-refractivity contribution is 9.11. The number of hydrogen-bond donors (Lipinski definition) is 4. The molecular weight excluding hydrogens is 381 g/mol. The molecule has 1 saturated heterocycles. The van der Waals surface area contributed by atoms with Crippen LogP contribution in [-0.2, 0) is 6.54 Å². The van der Waals surface area contributed by atoms with Crippen LogP contribution in [0.4, 0.5) is 4.39 Å². The first kappa shape index (κ1) is 18.2. The van der Waals surface area contributed by atoms with E-state index < -0.39 is 0 Å². The number of benzene rings is 1. The van der Waals surface area contributed by atoms with Crippen molar-refractivity contribution in [2.24, 2.45) is 11.7 Å². The molecule has 2 aliphatic heterocycles. The van der Waals surface area contributed by atoms with Gasteiger partial charge in [0.2, 0.25) is 0 Å². The number of fused-ring (bicyclic) bond motifs is 1. The molecule has 0 amide bonds. The molecule has 2 aliphatic rings. The van der Waals surface area contributed by atoms with Crippen molar-refractivity contribution < 1.29 is 4.39 Å². The molecule has 2 heterocycles. The van der Waals surface area contributed by atoms with E-state index in [1.54, 1.807) is 18.4 Å². The highest BCUT2D eigenvalue weighted by Gasteiger charge is 2.44. The van der Waals surface area contributed by atoms with Gasteiger partial charge in [0.1, 0.15) is 5.82 Å². The van der Waals surface area contributed by atoms with Crippen molar-refractivity contribution in [1.82, 2.24) is 15.5 Å². The van der Waals surface area contributed by atoms with Crippen LogP contribution in [0.25, 0.3) is 0 Å². The van der Waals surface area contributed by atoms with Gasteiger partial charge in [0.15, 0.2) is 0 Å². The molecule has 1 aromatic carbocycles. The lowest BCUT2D eigenvalue weighted by Crippen LogP contribution is -2.63. The molecule has 8 heteroatoms. The van der Waals surface area contributed by atoms with Gasteiger partial charge in [-0.2, -0.15) is 17.9 Å². The van der Waals surface area contributed by atoms with E-state index in [0.717, 1.165) is 10.2 Å². The molecule has 0 aromatic heterocycles. The maximum atomic E-state index is 13.0. The molecule has 1 aromatic rings. The Morgan fingerprint density at radius 2 is 2.04 bits per heavy atom. The van der Waals surface area contributed by atoms with E-state index in [2.05, 4.69) is 50.2 Å². The minimum Gasteiger partial charge on any atom is -0.344 e. The summed E-state index contributed by atoms with van der Waals surface area (Å²) in [5.74, 6) is -0.369. The zero-order valence-electron chi connectivity index (χ0n) is 12.6. The van der Waals surface area contributed by atoms with E-state index in [0.29, 0.717) is 18.8 Å². The van der Waals surface area contributed by atoms with E-state index >= 15 is 0 Å². The second-order valence-corrected chi connectivity index (χ2v) is 5.90. The minimum absolute atomic E-state index is 0.0460. The molecule has 3 atom stereocenters. The second kappa shape index (κ2) is 8.13. The van der Waals surface area contributed by atoms with Gasteiger partial charge in [-0.15, -0.1) is 0 Å². The molecule has 4 N–H and O–H groups in total. The van der Waals surface area contributed by atoms with Crippen LogP contribution in [0.1, 0.15) is 5.56 Å². The Bertz CT molecular complexity index is 615. The standard InChI is InChI=1S/C14H15BrFN5.CH4S/c15-12-10(5-17)11-13(18)19-7-20-14(11)21(12)6-8-1-3-9(16)4-2-8;1-2/h1-4,11,13-14,19-20H,6-7,18H2;2H,1H3. The Labute approximate surface area is 149 Å². The minimum atomic E-state index is -0.267. The summed E-state index contributed by atoms with van der Waals surface area (Å²) in [5, 5.41) is 15.8. The fraction of sp³-hybridized carbons (Fsp3) is 0.400. The number of nitriles is 1. The third-order valence-electron chi connectivity index (χ3n) is 3.91. The molecule has 0 saturated carbocycles. The van der Waals surface area contributed by atoms with Gasteiger partial charge in [0, 0.05) is 13.2 Å². The van der Waals surface area contributed by atoms with Gasteiger partial charge in [-0.05, 0) is 39.9 Å². The summed E-state index contributed by atoms with van der Waals surface area (Å²) in [4.78, 5) is 2.05. The molecule has 5 nitrogen and oxygen atoms in total. The predicted molar refractivity (Wildman–Crippen MR) is 94.8 cm³/mol. The second-order valence-electron chi connectivity index (χ2n) is 5.15. The van der Waals surface area contributed by atoms with E-state index in [1.807, 2.05) is 0 Å². The highest BCUT2D eigenvalue weighted by Crippen LogP contribution is 2.38.